The van der Waals surface area contributed by atoms with Gasteiger partial charge >= 0.3 is 0 Å². The van der Waals surface area contributed by atoms with Crippen LogP contribution < -0.4 is 4.90 Å². The highest BCUT2D eigenvalue weighted by molar-refractivity contribution is 6.31. The van der Waals surface area contributed by atoms with Crippen LogP contribution in [0.4, 0.5) is 5.69 Å². The van der Waals surface area contributed by atoms with Crippen molar-refractivity contribution in [3.63, 3.8) is 0 Å². The summed E-state index contributed by atoms with van der Waals surface area (Å²) in [6.45, 7) is 3.92. The molecule has 19 heavy (non-hydrogen) atoms. The van der Waals surface area contributed by atoms with E-state index >= 15 is 0 Å². The standard InChI is InChI=1S/C16H17Cl2N/c1-2-19(12-13-6-4-3-5-7-13)16-10-15(18)9-8-14(16)11-17/h3-10H,2,11-12H2,1H3. The summed E-state index contributed by atoms with van der Waals surface area (Å²) in [5.41, 5.74) is 3.52. The molecular formula is C16H17Cl2N. The highest BCUT2D eigenvalue weighted by atomic mass is 35.5. The van der Waals surface area contributed by atoms with E-state index in [9.17, 15) is 0 Å². The zero-order valence-electron chi connectivity index (χ0n) is 10.9. The van der Waals surface area contributed by atoms with E-state index in [0.29, 0.717) is 5.88 Å². The molecule has 0 aliphatic carbocycles. The molecule has 0 fully saturated rings. The third kappa shape index (κ3) is 3.65. The van der Waals surface area contributed by atoms with E-state index in [0.717, 1.165) is 29.4 Å². The van der Waals surface area contributed by atoms with E-state index in [1.807, 2.05) is 24.3 Å². The van der Waals surface area contributed by atoms with Crippen molar-refractivity contribution in [3.8, 4) is 0 Å². The Labute approximate surface area is 124 Å². The van der Waals surface area contributed by atoms with Crippen molar-refractivity contribution in [3.05, 3.63) is 64.7 Å². The van der Waals surface area contributed by atoms with Crippen LogP contribution in [0.15, 0.2) is 48.5 Å². The van der Waals surface area contributed by atoms with Gasteiger partial charge in [0.1, 0.15) is 0 Å². The monoisotopic (exact) mass is 293 g/mol. The highest BCUT2D eigenvalue weighted by Crippen LogP contribution is 2.27. The highest BCUT2D eigenvalue weighted by Gasteiger charge is 2.10. The third-order valence-electron chi connectivity index (χ3n) is 3.13. The quantitative estimate of drug-likeness (QED) is 0.693. The first kappa shape index (κ1) is 14.2. The molecule has 0 saturated carbocycles. The molecule has 0 N–H and O–H groups in total. The molecule has 0 heterocycles. The minimum atomic E-state index is 0.498. The Hall–Kier alpha value is -1.18. The lowest BCUT2D eigenvalue weighted by Crippen LogP contribution is -2.23. The van der Waals surface area contributed by atoms with Gasteiger partial charge in [0.25, 0.3) is 0 Å². The topological polar surface area (TPSA) is 3.24 Å². The van der Waals surface area contributed by atoms with Crippen LogP contribution in [-0.2, 0) is 12.4 Å². The SMILES string of the molecule is CCN(Cc1ccccc1)c1cc(Cl)ccc1CCl. The van der Waals surface area contributed by atoms with Gasteiger partial charge < -0.3 is 4.90 Å². The number of benzene rings is 2. The molecule has 0 aromatic heterocycles. The molecule has 0 amide bonds. The molecule has 2 aromatic rings. The number of nitrogens with zero attached hydrogens (tertiary/aromatic N) is 1. The lowest BCUT2D eigenvalue weighted by atomic mass is 10.1. The minimum absolute atomic E-state index is 0.498. The Morgan fingerprint density at radius 2 is 1.79 bits per heavy atom. The Bertz CT molecular complexity index is 526. The number of alkyl halides is 1. The van der Waals surface area contributed by atoms with Crippen molar-refractivity contribution in [2.45, 2.75) is 19.3 Å². The van der Waals surface area contributed by atoms with E-state index in [4.69, 9.17) is 23.2 Å². The maximum Gasteiger partial charge on any atom is 0.0494 e. The molecule has 0 bridgehead atoms. The predicted molar refractivity (Wildman–Crippen MR) is 84.2 cm³/mol. The van der Waals surface area contributed by atoms with Crippen molar-refractivity contribution in [1.29, 1.82) is 0 Å². The van der Waals surface area contributed by atoms with E-state index in [2.05, 4.69) is 36.1 Å². The summed E-state index contributed by atoms with van der Waals surface area (Å²) in [4.78, 5) is 2.29. The second-order valence-corrected chi connectivity index (χ2v) is 5.11. The van der Waals surface area contributed by atoms with Gasteiger partial charge in [0.05, 0.1) is 0 Å². The van der Waals surface area contributed by atoms with Gasteiger partial charge in [-0.2, -0.15) is 0 Å². The largest absolute Gasteiger partial charge is 0.367 e. The summed E-state index contributed by atoms with van der Waals surface area (Å²) in [7, 11) is 0. The maximum absolute atomic E-state index is 6.11. The van der Waals surface area contributed by atoms with E-state index in [-0.39, 0.29) is 0 Å². The molecule has 2 rings (SSSR count). The van der Waals surface area contributed by atoms with Crippen molar-refractivity contribution in [1.82, 2.24) is 0 Å². The molecule has 100 valence electrons. The summed E-state index contributed by atoms with van der Waals surface area (Å²) in [6, 6.07) is 16.3. The minimum Gasteiger partial charge on any atom is -0.367 e. The second kappa shape index (κ2) is 6.83. The van der Waals surface area contributed by atoms with Gasteiger partial charge in [-0.15, -0.1) is 11.6 Å². The number of halogens is 2. The fourth-order valence-electron chi connectivity index (χ4n) is 2.12. The molecule has 0 spiro atoms. The molecular weight excluding hydrogens is 277 g/mol. The van der Waals surface area contributed by atoms with Crippen LogP contribution in [0.1, 0.15) is 18.1 Å². The first-order valence-corrected chi connectivity index (χ1v) is 7.29. The molecule has 0 aliphatic rings. The van der Waals surface area contributed by atoms with Crippen LogP contribution in [0.25, 0.3) is 0 Å². The Morgan fingerprint density at radius 3 is 2.42 bits per heavy atom. The molecule has 0 aliphatic heterocycles. The van der Waals surface area contributed by atoms with Crippen LogP contribution in [0.2, 0.25) is 5.02 Å². The molecule has 0 radical (unpaired) electrons. The van der Waals surface area contributed by atoms with E-state index in [1.165, 1.54) is 5.56 Å². The number of rotatable bonds is 5. The molecule has 0 unspecified atom stereocenters. The van der Waals surface area contributed by atoms with Crippen LogP contribution in [0.3, 0.4) is 0 Å². The van der Waals surface area contributed by atoms with Crippen molar-refractivity contribution < 1.29 is 0 Å². The van der Waals surface area contributed by atoms with Crippen molar-refractivity contribution in [2.75, 3.05) is 11.4 Å². The Morgan fingerprint density at radius 1 is 1.05 bits per heavy atom. The van der Waals surface area contributed by atoms with Crippen LogP contribution >= 0.6 is 23.2 Å². The summed E-state index contributed by atoms with van der Waals surface area (Å²) >= 11 is 12.1. The van der Waals surface area contributed by atoms with Crippen LogP contribution in [0.5, 0.6) is 0 Å². The van der Waals surface area contributed by atoms with Gasteiger partial charge in [0.15, 0.2) is 0 Å². The number of hydrogen-bond donors (Lipinski definition) is 0. The molecule has 3 heteroatoms. The normalized spacial score (nSPS) is 10.5. The number of anilines is 1. The fourth-order valence-corrected chi connectivity index (χ4v) is 2.51. The summed E-state index contributed by atoms with van der Waals surface area (Å²) < 4.78 is 0. The van der Waals surface area contributed by atoms with Crippen LogP contribution in [0, 0.1) is 0 Å². The molecule has 0 saturated heterocycles. The van der Waals surface area contributed by atoms with Gasteiger partial charge in [0, 0.05) is 29.7 Å². The smallest absolute Gasteiger partial charge is 0.0494 e. The van der Waals surface area contributed by atoms with Gasteiger partial charge in [0.2, 0.25) is 0 Å². The van der Waals surface area contributed by atoms with Gasteiger partial charge in [-0.3, -0.25) is 0 Å². The van der Waals surface area contributed by atoms with Gasteiger partial charge in [-0.25, -0.2) is 0 Å². The zero-order chi connectivity index (χ0) is 13.7. The lowest BCUT2D eigenvalue weighted by Gasteiger charge is -2.25. The third-order valence-corrected chi connectivity index (χ3v) is 3.65. The predicted octanol–water partition coefficient (Wildman–Crippen LogP) is 5.11. The fraction of sp³-hybridized carbons (Fsp3) is 0.250. The Balaban J connectivity index is 2.29. The molecule has 2 aromatic carbocycles. The molecule has 0 atom stereocenters. The van der Waals surface area contributed by atoms with Gasteiger partial charge in [-0.05, 0) is 30.2 Å². The van der Waals surface area contributed by atoms with E-state index < -0.39 is 0 Å². The first-order chi connectivity index (χ1) is 9.24. The average Bonchev–Trinajstić information content (AvgIpc) is 2.46. The summed E-state index contributed by atoms with van der Waals surface area (Å²) in [6.07, 6.45) is 0. The van der Waals surface area contributed by atoms with Gasteiger partial charge in [-0.1, -0.05) is 48.0 Å². The summed E-state index contributed by atoms with van der Waals surface area (Å²) in [5, 5.41) is 0.746. The second-order valence-electron chi connectivity index (χ2n) is 4.41. The zero-order valence-corrected chi connectivity index (χ0v) is 12.5. The number of hydrogen-bond acceptors (Lipinski definition) is 1. The average molecular weight is 294 g/mol. The summed E-state index contributed by atoms with van der Waals surface area (Å²) in [5.74, 6) is 0.498. The Kier molecular flexibility index (Phi) is 5.12. The van der Waals surface area contributed by atoms with Crippen LogP contribution in [-0.4, -0.2) is 6.54 Å². The van der Waals surface area contributed by atoms with Crippen molar-refractivity contribution in [2.24, 2.45) is 0 Å². The maximum atomic E-state index is 6.11. The van der Waals surface area contributed by atoms with E-state index in [1.54, 1.807) is 0 Å². The first-order valence-electron chi connectivity index (χ1n) is 6.38. The lowest BCUT2D eigenvalue weighted by molar-refractivity contribution is 0.827. The van der Waals surface area contributed by atoms with Crippen molar-refractivity contribution >= 4 is 28.9 Å². The molecule has 1 nitrogen and oxygen atoms in total.